The molecular weight excluding hydrogens is 284 g/mol. The number of hydrogen-bond acceptors (Lipinski definition) is 6. The quantitative estimate of drug-likeness (QED) is 0.466. The summed E-state index contributed by atoms with van der Waals surface area (Å²) in [4.78, 5) is 36.2. The Hall–Kier alpha value is -2.23. The monoisotopic (exact) mass is 298 g/mol. The van der Waals surface area contributed by atoms with Gasteiger partial charge in [-0.15, -0.1) is 0 Å². The summed E-state index contributed by atoms with van der Waals surface area (Å²) >= 11 is 0. The van der Waals surface area contributed by atoms with Gasteiger partial charge < -0.3 is 20.1 Å². The Bertz CT molecular complexity index is 697. The minimum atomic E-state index is -1.31. The van der Waals surface area contributed by atoms with Crippen molar-refractivity contribution in [2.75, 3.05) is 13.2 Å². The number of rotatable bonds is 4. The lowest BCUT2D eigenvalue weighted by atomic mass is 9.95. The van der Waals surface area contributed by atoms with Gasteiger partial charge in [0.1, 0.15) is 12.3 Å². The van der Waals surface area contributed by atoms with Crippen LogP contribution in [0.4, 0.5) is 0 Å². The molecule has 21 heavy (non-hydrogen) atoms. The number of ether oxygens (including phenoxy) is 1. The third-order valence-corrected chi connectivity index (χ3v) is 3.31. The number of carbonyl (C=O) groups is 1. The zero-order valence-electron chi connectivity index (χ0n) is 10.9. The number of carboxylic acids is 1. The van der Waals surface area contributed by atoms with Gasteiger partial charge in [0.2, 0.25) is 0 Å². The summed E-state index contributed by atoms with van der Waals surface area (Å²) in [5.41, 5.74) is -2.57. The fraction of sp³-hybridized carbons (Fsp3) is 0.417. The zero-order valence-corrected chi connectivity index (χ0v) is 10.9. The molecule has 4 N–H and O–H groups in total. The maximum Gasteiger partial charge on any atom is 0.330 e. The van der Waals surface area contributed by atoms with Crippen molar-refractivity contribution in [1.29, 1.82) is 0 Å². The Morgan fingerprint density at radius 2 is 2.05 bits per heavy atom. The molecule has 0 atom stereocenters. The number of hydrogen-bond donors (Lipinski definition) is 4. The summed E-state index contributed by atoms with van der Waals surface area (Å²) in [5.74, 6) is -1.25. The van der Waals surface area contributed by atoms with Gasteiger partial charge in [0.05, 0.1) is 18.8 Å². The van der Waals surface area contributed by atoms with Crippen LogP contribution in [0.5, 0.6) is 0 Å². The number of aromatic amines is 1. The molecule has 1 aliphatic heterocycles. The highest BCUT2D eigenvalue weighted by atomic mass is 16.5. The number of aromatic nitrogens is 2. The van der Waals surface area contributed by atoms with Crippen molar-refractivity contribution in [2.24, 2.45) is 0 Å². The van der Waals surface area contributed by atoms with E-state index < -0.39 is 36.0 Å². The van der Waals surface area contributed by atoms with Crippen molar-refractivity contribution < 1.29 is 24.9 Å². The van der Waals surface area contributed by atoms with E-state index in [1.165, 1.54) is 0 Å². The number of aliphatic carboxylic acids is 1. The van der Waals surface area contributed by atoms with Crippen molar-refractivity contribution in [2.45, 2.75) is 18.8 Å². The minimum Gasteiger partial charge on any atom is -0.478 e. The van der Waals surface area contributed by atoms with Crippen molar-refractivity contribution in [3.63, 3.8) is 0 Å². The fourth-order valence-corrected chi connectivity index (χ4v) is 2.10. The van der Waals surface area contributed by atoms with Gasteiger partial charge in [0.25, 0.3) is 5.56 Å². The van der Waals surface area contributed by atoms with E-state index >= 15 is 0 Å². The summed E-state index contributed by atoms with van der Waals surface area (Å²) in [6, 6.07) is 0. The first-order valence-electron chi connectivity index (χ1n) is 6.05. The van der Waals surface area contributed by atoms with E-state index in [0.717, 1.165) is 16.7 Å². The van der Waals surface area contributed by atoms with Crippen LogP contribution >= 0.6 is 0 Å². The first-order valence-corrected chi connectivity index (χ1v) is 6.05. The van der Waals surface area contributed by atoms with Crippen LogP contribution in [0.3, 0.4) is 0 Å². The van der Waals surface area contributed by atoms with Crippen LogP contribution in [0, 0.1) is 0 Å². The number of carboxylic acid groups (broad SMARTS) is 1. The number of aliphatic hydroxyl groups is 2. The zero-order chi connectivity index (χ0) is 15.6. The van der Waals surface area contributed by atoms with Gasteiger partial charge in [-0.2, -0.15) is 0 Å². The van der Waals surface area contributed by atoms with E-state index in [1.807, 2.05) is 0 Å². The molecule has 2 heterocycles. The maximum absolute atomic E-state index is 11.8. The second-order valence-electron chi connectivity index (χ2n) is 4.67. The third kappa shape index (κ3) is 2.79. The molecule has 0 saturated carbocycles. The highest BCUT2D eigenvalue weighted by Crippen LogP contribution is 2.24. The minimum absolute atomic E-state index is 0.0217. The van der Waals surface area contributed by atoms with Gasteiger partial charge >= 0.3 is 11.7 Å². The average Bonchev–Trinajstić information content (AvgIpc) is 2.46. The number of nitrogens with one attached hydrogen (secondary N) is 1. The normalized spacial score (nSPS) is 16.9. The third-order valence-electron chi connectivity index (χ3n) is 3.31. The molecule has 9 heteroatoms. The average molecular weight is 298 g/mol. The lowest BCUT2D eigenvalue weighted by Gasteiger charge is -2.36. The molecule has 114 valence electrons. The molecule has 0 fully saturated rings. The van der Waals surface area contributed by atoms with E-state index in [4.69, 9.17) is 9.84 Å². The lowest BCUT2D eigenvalue weighted by molar-refractivity contribution is -0.149. The molecule has 0 amide bonds. The SMILES string of the molecule is O=C(O)/C=C/c1c2n(c(=O)[nH]c1=O)COC(CO)(CO)C2. The molecule has 0 saturated heterocycles. The second-order valence-corrected chi connectivity index (χ2v) is 4.67. The van der Waals surface area contributed by atoms with Crippen LogP contribution in [-0.4, -0.2) is 49.7 Å². The van der Waals surface area contributed by atoms with Crippen molar-refractivity contribution >= 4 is 12.0 Å². The van der Waals surface area contributed by atoms with E-state index in [1.54, 1.807) is 0 Å². The predicted molar refractivity (Wildman–Crippen MR) is 69.7 cm³/mol. The summed E-state index contributed by atoms with van der Waals surface area (Å²) in [6.45, 7) is -1.28. The summed E-state index contributed by atoms with van der Waals surface area (Å²) in [7, 11) is 0. The Morgan fingerprint density at radius 3 is 2.62 bits per heavy atom. The largest absolute Gasteiger partial charge is 0.478 e. The molecule has 0 aliphatic carbocycles. The summed E-state index contributed by atoms with van der Waals surface area (Å²) in [5, 5.41) is 27.3. The Labute approximate surface area is 117 Å². The molecule has 9 nitrogen and oxygen atoms in total. The van der Waals surface area contributed by atoms with Gasteiger partial charge in [-0.05, 0) is 6.08 Å². The Morgan fingerprint density at radius 1 is 1.38 bits per heavy atom. The highest BCUT2D eigenvalue weighted by molar-refractivity contribution is 5.85. The number of nitrogens with zero attached hydrogens (tertiary/aromatic N) is 1. The van der Waals surface area contributed by atoms with Gasteiger partial charge in [-0.25, -0.2) is 9.59 Å². The molecule has 0 radical (unpaired) electrons. The predicted octanol–water partition coefficient (Wildman–Crippen LogP) is -2.11. The van der Waals surface area contributed by atoms with Crippen LogP contribution < -0.4 is 11.2 Å². The summed E-state index contributed by atoms with van der Waals surface area (Å²) in [6.07, 6.45) is 1.74. The smallest absolute Gasteiger partial charge is 0.330 e. The van der Waals surface area contributed by atoms with Gasteiger partial charge in [0.15, 0.2) is 0 Å². The van der Waals surface area contributed by atoms with Crippen LogP contribution in [-0.2, 0) is 22.7 Å². The second kappa shape index (κ2) is 5.64. The number of H-pyrrole nitrogens is 1. The van der Waals surface area contributed by atoms with Crippen molar-refractivity contribution in [1.82, 2.24) is 9.55 Å². The number of fused-ring (bicyclic) bond motifs is 1. The van der Waals surface area contributed by atoms with Crippen LogP contribution in [0.1, 0.15) is 11.3 Å². The number of aliphatic hydroxyl groups excluding tert-OH is 2. The van der Waals surface area contributed by atoms with Gasteiger partial charge in [-0.3, -0.25) is 14.3 Å². The van der Waals surface area contributed by atoms with Crippen LogP contribution in [0.2, 0.25) is 0 Å². The van der Waals surface area contributed by atoms with Gasteiger partial charge in [0, 0.05) is 18.2 Å². The highest BCUT2D eigenvalue weighted by Gasteiger charge is 2.36. The molecular formula is C12H14N2O7. The molecule has 2 rings (SSSR count). The van der Waals surface area contributed by atoms with E-state index in [-0.39, 0.29) is 24.4 Å². The molecule has 1 aromatic rings. The molecule has 0 unspecified atom stereocenters. The Kier molecular flexibility index (Phi) is 4.07. The van der Waals surface area contributed by atoms with E-state index in [2.05, 4.69) is 4.98 Å². The van der Waals surface area contributed by atoms with E-state index in [0.29, 0.717) is 0 Å². The molecule has 0 spiro atoms. The maximum atomic E-state index is 11.8. The first kappa shape index (κ1) is 15.2. The molecule has 0 aromatic carbocycles. The summed E-state index contributed by atoms with van der Waals surface area (Å²) < 4.78 is 6.41. The molecule has 1 aromatic heterocycles. The van der Waals surface area contributed by atoms with Crippen LogP contribution in [0.25, 0.3) is 6.08 Å². The Balaban J connectivity index is 2.62. The lowest BCUT2D eigenvalue weighted by Crippen LogP contribution is -2.51. The van der Waals surface area contributed by atoms with Crippen molar-refractivity contribution in [3.8, 4) is 0 Å². The fourth-order valence-electron chi connectivity index (χ4n) is 2.10. The van der Waals surface area contributed by atoms with Crippen molar-refractivity contribution in [3.05, 3.63) is 38.2 Å². The standard InChI is InChI=1S/C12H14N2O7/c15-4-12(5-16)3-8-7(1-2-9(17)18)10(19)13-11(20)14(8)6-21-12/h1-2,15-16H,3-6H2,(H,17,18)(H,13,19,20)/b2-1+. The van der Waals surface area contributed by atoms with Gasteiger partial charge in [-0.1, -0.05) is 0 Å². The first-order chi connectivity index (χ1) is 9.92. The topological polar surface area (TPSA) is 142 Å². The molecule has 0 bridgehead atoms. The molecule has 1 aliphatic rings. The van der Waals surface area contributed by atoms with Crippen LogP contribution in [0.15, 0.2) is 15.7 Å². The van der Waals surface area contributed by atoms with E-state index in [9.17, 15) is 24.6 Å².